The Balaban J connectivity index is 1.35. The van der Waals surface area contributed by atoms with E-state index in [4.69, 9.17) is 0 Å². The lowest BCUT2D eigenvalue weighted by Gasteiger charge is -2.30. The Bertz CT molecular complexity index is 1710. The van der Waals surface area contributed by atoms with Crippen molar-refractivity contribution in [1.29, 1.82) is 0 Å². The number of benzene rings is 3. The molecule has 1 N–H and O–H groups in total. The summed E-state index contributed by atoms with van der Waals surface area (Å²) in [5, 5.41) is 0. The van der Waals surface area contributed by atoms with Crippen LogP contribution in [0.1, 0.15) is 66.7 Å². The second-order valence-electron chi connectivity index (χ2n) is 12.3. The van der Waals surface area contributed by atoms with Gasteiger partial charge in [-0.25, -0.2) is 18.1 Å². The van der Waals surface area contributed by atoms with Gasteiger partial charge in [0.05, 0.1) is 17.4 Å². The maximum atomic E-state index is 14.4. The zero-order valence-corrected chi connectivity index (χ0v) is 25.4. The number of hydrogen-bond acceptors (Lipinski definition) is 4. The van der Waals surface area contributed by atoms with Crippen molar-refractivity contribution in [1.82, 2.24) is 14.3 Å². The van der Waals surface area contributed by atoms with Gasteiger partial charge in [-0.05, 0) is 72.6 Å². The van der Waals surface area contributed by atoms with Gasteiger partial charge in [0.1, 0.15) is 5.82 Å². The van der Waals surface area contributed by atoms with E-state index in [1.165, 1.54) is 5.56 Å². The molecule has 1 saturated carbocycles. The van der Waals surface area contributed by atoms with E-state index in [-0.39, 0.29) is 34.1 Å². The fraction of sp³-hybridized carbons (Fsp3) is 0.353. The first kappa shape index (κ1) is 28.4. The maximum absolute atomic E-state index is 14.4. The van der Waals surface area contributed by atoms with Gasteiger partial charge in [0.25, 0.3) is 0 Å². The molecule has 3 aromatic carbocycles. The third-order valence-electron chi connectivity index (χ3n) is 9.12. The zero-order chi connectivity index (χ0) is 29.6. The molecule has 7 nitrogen and oxygen atoms in total. The van der Waals surface area contributed by atoms with E-state index >= 15 is 0 Å². The fourth-order valence-corrected chi connectivity index (χ4v) is 7.84. The molecule has 2 aliphatic rings. The van der Waals surface area contributed by atoms with Crippen molar-refractivity contribution in [3.05, 3.63) is 113 Å². The normalized spacial score (nSPS) is 21.0. The number of sulfonamides is 1. The second-order valence-corrected chi connectivity index (χ2v) is 14.0. The Kier molecular flexibility index (Phi) is 7.31. The summed E-state index contributed by atoms with van der Waals surface area (Å²) in [4.78, 5) is 21.0. The number of carbonyl (C=O) groups excluding carboxylic acids is 1. The molecule has 4 aromatic rings. The topological polar surface area (TPSA) is 84.3 Å². The molecule has 0 unspecified atom stereocenters. The minimum Gasteiger partial charge on any atom is -0.337 e. The Hall–Kier alpha value is -3.75. The second kappa shape index (κ2) is 10.8. The van der Waals surface area contributed by atoms with Crippen molar-refractivity contribution >= 4 is 21.6 Å². The van der Waals surface area contributed by atoms with Gasteiger partial charge in [-0.1, -0.05) is 67.9 Å². The van der Waals surface area contributed by atoms with Crippen LogP contribution in [0.25, 0.3) is 0 Å². The summed E-state index contributed by atoms with van der Waals surface area (Å²) in [6.45, 7) is 6.59. The highest BCUT2D eigenvalue weighted by Gasteiger charge is 2.63. The number of fused-ring (bicyclic) bond motifs is 1. The minimum atomic E-state index is -3.72. The molecule has 42 heavy (non-hydrogen) atoms. The monoisotopic (exact) mass is 582 g/mol. The number of carbonyl (C=O) groups is 1. The highest BCUT2D eigenvalue weighted by atomic mass is 32.2. The summed E-state index contributed by atoms with van der Waals surface area (Å²) in [7, 11) is -1.78. The number of rotatable bonds is 8. The van der Waals surface area contributed by atoms with Gasteiger partial charge in [-0.3, -0.25) is 4.79 Å². The van der Waals surface area contributed by atoms with Crippen LogP contribution >= 0.6 is 0 Å². The van der Waals surface area contributed by atoms with Gasteiger partial charge >= 0.3 is 0 Å². The standard InChI is InChI=1S/C34H38N4O3S/c1-23-13-17-27(18-14-23)42(40,41)36-29-12-8-11-24-15-16-26(21-28(24)29)38(22-30-35-19-20-37(30)4)33(39)32-31(34(32,2)3)25-9-6-5-7-10-25/h5-7,9-10,13-21,29,31-32,36H,8,11-12,22H2,1-4H3/t29-,31+,32-/m1/s1. The van der Waals surface area contributed by atoms with E-state index in [0.29, 0.717) is 13.0 Å². The molecule has 0 radical (unpaired) electrons. The van der Waals surface area contributed by atoms with E-state index < -0.39 is 10.0 Å². The van der Waals surface area contributed by atoms with Crippen molar-refractivity contribution in [2.75, 3.05) is 4.90 Å². The van der Waals surface area contributed by atoms with Crippen LogP contribution in [0.3, 0.4) is 0 Å². The van der Waals surface area contributed by atoms with Crippen LogP contribution in [0.15, 0.2) is 90.1 Å². The lowest BCUT2D eigenvalue weighted by atomic mass is 9.87. The number of aryl methyl sites for hydroxylation is 3. The van der Waals surface area contributed by atoms with Crippen molar-refractivity contribution in [2.45, 2.75) is 63.4 Å². The molecule has 1 amide bonds. The van der Waals surface area contributed by atoms with Crippen LogP contribution in [-0.2, 0) is 34.8 Å². The molecule has 0 aliphatic heterocycles. The largest absolute Gasteiger partial charge is 0.337 e. The molecule has 2 aliphatic carbocycles. The van der Waals surface area contributed by atoms with Crippen LogP contribution in [0.2, 0.25) is 0 Å². The Morgan fingerprint density at radius 3 is 2.50 bits per heavy atom. The van der Waals surface area contributed by atoms with Crippen LogP contribution in [0.5, 0.6) is 0 Å². The summed E-state index contributed by atoms with van der Waals surface area (Å²) in [6, 6.07) is 22.9. The molecule has 3 atom stereocenters. The van der Waals surface area contributed by atoms with Crippen molar-refractivity contribution < 1.29 is 13.2 Å². The number of anilines is 1. The van der Waals surface area contributed by atoms with Crippen LogP contribution < -0.4 is 9.62 Å². The smallest absolute Gasteiger partial charge is 0.241 e. The zero-order valence-electron chi connectivity index (χ0n) is 24.6. The summed E-state index contributed by atoms with van der Waals surface area (Å²) >= 11 is 0. The number of hydrogen-bond donors (Lipinski definition) is 1. The summed E-state index contributed by atoms with van der Waals surface area (Å²) in [5.74, 6) is 0.797. The van der Waals surface area contributed by atoms with Gasteiger partial charge in [0.2, 0.25) is 15.9 Å². The molecule has 218 valence electrons. The predicted octanol–water partition coefficient (Wildman–Crippen LogP) is 6.06. The fourth-order valence-electron chi connectivity index (χ4n) is 6.59. The van der Waals surface area contributed by atoms with Crippen LogP contribution in [-0.4, -0.2) is 23.9 Å². The molecule has 0 spiro atoms. The lowest BCUT2D eigenvalue weighted by molar-refractivity contribution is -0.120. The number of imidazole rings is 1. The molecular formula is C34H38N4O3S. The van der Waals surface area contributed by atoms with Gasteiger partial charge in [-0.2, -0.15) is 0 Å². The van der Waals surface area contributed by atoms with Gasteiger partial charge in [-0.15, -0.1) is 0 Å². The summed E-state index contributed by atoms with van der Waals surface area (Å²) < 4.78 is 31.6. The van der Waals surface area contributed by atoms with Gasteiger partial charge in [0.15, 0.2) is 0 Å². The van der Waals surface area contributed by atoms with Crippen molar-refractivity contribution in [3.8, 4) is 0 Å². The van der Waals surface area contributed by atoms with Crippen LogP contribution in [0, 0.1) is 18.3 Å². The third-order valence-corrected chi connectivity index (χ3v) is 10.6. The quantitative estimate of drug-likeness (QED) is 0.274. The minimum absolute atomic E-state index is 0.0596. The molecule has 1 heterocycles. The van der Waals surface area contributed by atoms with E-state index in [1.807, 2.05) is 72.1 Å². The van der Waals surface area contributed by atoms with E-state index in [2.05, 4.69) is 41.8 Å². The molecule has 6 rings (SSSR count). The number of amides is 1. The molecular weight excluding hydrogens is 544 g/mol. The van der Waals surface area contributed by atoms with E-state index in [1.54, 1.807) is 18.3 Å². The first-order valence-corrected chi connectivity index (χ1v) is 16.1. The lowest BCUT2D eigenvalue weighted by Crippen LogP contribution is -2.35. The molecule has 8 heteroatoms. The number of nitrogens with zero attached hydrogens (tertiary/aromatic N) is 3. The van der Waals surface area contributed by atoms with Gasteiger partial charge in [0, 0.05) is 37.1 Å². The number of nitrogens with one attached hydrogen (secondary N) is 1. The molecule has 0 saturated heterocycles. The summed E-state index contributed by atoms with van der Waals surface area (Å²) in [6.07, 6.45) is 6.08. The Morgan fingerprint density at radius 2 is 1.81 bits per heavy atom. The van der Waals surface area contributed by atoms with E-state index in [0.717, 1.165) is 41.0 Å². The van der Waals surface area contributed by atoms with Crippen molar-refractivity contribution in [3.63, 3.8) is 0 Å². The average molecular weight is 583 g/mol. The predicted molar refractivity (Wildman–Crippen MR) is 164 cm³/mol. The first-order chi connectivity index (χ1) is 20.1. The number of aromatic nitrogens is 2. The SMILES string of the molecule is Cc1ccc(S(=O)(=O)N[C@@H]2CCCc3ccc(N(Cc4nccn4C)C(=O)[C@H]4[C@H](c5ccccc5)C4(C)C)cc32)cc1. The average Bonchev–Trinajstić information content (AvgIpc) is 3.32. The highest BCUT2D eigenvalue weighted by Crippen LogP contribution is 2.65. The molecule has 1 fully saturated rings. The summed E-state index contributed by atoms with van der Waals surface area (Å²) in [5.41, 5.74) is 4.80. The maximum Gasteiger partial charge on any atom is 0.241 e. The van der Waals surface area contributed by atoms with Crippen molar-refractivity contribution in [2.24, 2.45) is 18.4 Å². The molecule has 0 bridgehead atoms. The van der Waals surface area contributed by atoms with E-state index in [9.17, 15) is 13.2 Å². The highest BCUT2D eigenvalue weighted by molar-refractivity contribution is 7.89. The first-order valence-electron chi connectivity index (χ1n) is 14.6. The third kappa shape index (κ3) is 5.29. The van der Waals surface area contributed by atoms with Crippen LogP contribution in [0.4, 0.5) is 5.69 Å². The van der Waals surface area contributed by atoms with Gasteiger partial charge < -0.3 is 9.47 Å². The Labute approximate surface area is 248 Å². The Morgan fingerprint density at radius 1 is 1.07 bits per heavy atom. The molecule has 1 aromatic heterocycles.